The van der Waals surface area contributed by atoms with E-state index >= 15 is 0 Å². The lowest BCUT2D eigenvalue weighted by Crippen LogP contribution is -2.19. The van der Waals surface area contributed by atoms with Gasteiger partial charge in [-0.15, -0.1) is 6.42 Å². The van der Waals surface area contributed by atoms with Crippen molar-refractivity contribution >= 4 is 0 Å². The Bertz CT molecular complexity index is 130. The number of terminal acetylenes is 1. The fourth-order valence-electron chi connectivity index (χ4n) is 0.315. The van der Waals surface area contributed by atoms with E-state index in [4.69, 9.17) is 16.6 Å². The molecule has 2 atom stereocenters. The Hall–Kier alpha value is -0.780. The Morgan fingerprint density at radius 1 is 1.56 bits per heavy atom. The standard InChI is InChI=1S/C7H10O2/c1-3-4-5-7(9)6(2)8/h1,4-9H,2H3/b5-4+/t6-,7+/m0/s1. The molecule has 0 unspecified atom stereocenters. The van der Waals surface area contributed by atoms with E-state index < -0.39 is 12.2 Å². The molecule has 2 nitrogen and oxygen atoms in total. The van der Waals surface area contributed by atoms with Crippen molar-refractivity contribution in [2.45, 2.75) is 19.1 Å². The molecule has 0 radical (unpaired) electrons. The van der Waals surface area contributed by atoms with E-state index in [0.29, 0.717) is 0 Å². The van der Waals surface area contributed by atoms with Crippen LogP contribution in [-0.4, -0.2) is 22.4 Å². The van der Waals surface area contributed by atoms with Crippen LogP contribution in [0.3, 0.4) is 0 Å². The molecule has 2 N–H and O–H groups in total. The minimum Gasteiger partial charge on any atom is -0.390 e. The predicted octanol–water partition coefficient (Wildman–Crippen LogP) is -0.0825. The molecule has 50 valence electrons. The molecule has 0 heterocycles. The molecule has 0 aliphatic carbocycles. The highest BCUT2D eigenvalue weighted by Crippen LogP contribution is 1.92. The summed E-state index contributed by atoms with van der Waals surface area (Å²) >= 11 is 0. The normalized spacial score (nSPS) is 17.1. The highest BCUT2D eigenvalue weighted by Gasteiger charge is 2.03. The highest BCUT2D eigenvalue weighted by atomic mass is 16.3. The van der Waals surface area contributed by atoms with Gasteiger partial charge in [-0.05, 0) is 19.1 Å². The van der Waals surface area contributed by atoms with Crippen LogP contribution in [0.25, 0.3) is 0 Å². The summed E-state index contributed by atoms with van der Waals surface area (Å²) in [4.78, 5) is 0. The molecule has 0 aromatic rings. The van der Waals surface area contributed by atoms with Gasteiger partial charge in [0.25, 0.3) is 0 Å². The lowest BCUT2D eigenvalue weighted by molar-refractivity contribution is 0.0619. The van der Waals surface area contributed by atoms with E-state index in [1.807, 2.05) is 0 Å². The van der Waals surface area contributed by atoms with Gasteiger partial charge in [0.1, 0.15) is 0 Å². The molecule has 0 aliphatic rings. The van der Waals surface area contributed by atoms with Crippen molar-refractivity contribution in [3.8, 4) is 12.3 Å². The first-order valence-corrected chi connectivity index (χ1v) is 2.67. The van der Waals surface area contributed by atoms with Crippen molar-refractivity contribution in [3.63, 3.8) is 0 Å². The lowest BCUT2D eigenvalue weighted by atomic mass is 10.2. The molecule has 0 rings (SSSR count). The van der Waals surface area contributed by atoms with Gasteiger partial charge in [0.2, 0.25) is 0 Å². The fourth-order valence-corrected chi connectivity index (χ4v) is 0.315. The maximum atomic E-state index is 8.83. The van der Waals surface area contributed by atoms with Crippen LogP contribution < -0.4 is 0 Å². The van der Waals surface area contributed by atoms with Crippen molar-refractivity contribution in [2.24, 2.45) is 0 Å². The minimum atomic E-state index is -0.846. The Balaban J connectivity index is 3.65. The van der Waals surface area contributed by atoms with Crippen LogP contribution in [-0.2, 0) is 0 Å². The number of aliphatic hydroxyl groups excluding tert-OH is 2. The quantitative estimate of drug-likeness (QED) is 0.508. The molecule has 0 bridgehead atoms. The second-order valence-electron chi connectivity index (χ2n) is 1.76. The molecular weight excluding hydrogens is 116 g/mol. The number of aliphatic hydroxyl groups is 2. The van der Waals surface area contributed by atoms with Gasteiger partial charge >= 0.3 is 0 Å². The zero-order valence-electron chi connectivity index (χ0n) is 5.28. The van der Waals surface area contributed by atoms with Crippen molar-refractivity contribution in [2.75, 3.05) is 0 Å². The topological polar surface area (TPSA) is 40.5 Å². The summed E-state index contributed by atoms with van der Waals surface area (Å²) < 4.78 is 0. The van der Waals surface area contributed by atoms with Gasteiger partial charge in [0, 0.05) is 0 Å². The van der Waals surface area contributed by atoms with Crippen molar-refractivity contribution in [1.29, 1.82) is 0 Å². The molecule has 0 aromatic heterocycles. The number of rotatable bonds is 2. The van der Waals surface area contributed by atoms with Crippen LogP contribution in [0, 0.1) is 12.3 Å². The number of hydrogen-bond acceptors (Lipinski definition) is 2. The molecule has 0 fully saturated rings. The number of hydrogen-bond donors (Lipinski definition) is 2. The highest BCUT2D eigenvalue weighted by molar-refractivity contribution is 5.11. The van der Waals surface area contributed by atoms with Crippen molar-refractivity contribution < 1.29 is 10.2 Å². The maximum Gasteiger partial charge on any atom is 0.0986 e. The lowest BCUT2D eigenvalue weighted by Gasteiger charge is -2.06. The summed E-state index contributed by atoms with van der Waals surface area (Å²) in [6.07, 6.45) is 5.97. The van der Waals surface area contributed by atoms with Crippen molar-refractivity contribution in [1.82, 2.24) is 0 Å². The number of allylic oxidation sites excluding steroid dienone is 1. The van der Waals surface area contributed by atoms with Crippen LogP contribution in [0.4, 0.5) is 0 Å². The summed E-state index contributed by atoms with van der Waals surface area (Å²) in [6, 6.07) is 0. The first-order chi connectivity index (χ1) is 4.18. The summed E-state index contributed by atoms with van der Waals surface area (Å²) in [5.74, 6) is 2.20. The van der Waals surface area contributed by atoms with Crippen LogP contribution in [0.5, 0.6) is 0 Å². The van der Waals surface area contributed by atoms with Gasteiger partial charge < -0.3 is 10.2 Å². The van der Waals surface area contributed by atoms with E-state index in [-0.39, 0.29) is 0 Å². The first kappa shape index (κ1) is 8.22. The van der Waals surface area contributed by atoms with Crippen LogP contribution in [0.2, 0.25) is 0 Å². The smallest absolute Gasteiger partial charge is 0.0986 e. The summed E-state index contributed by atoms with van der Waals surface area (Å²) in [5.41, 5.74) is 0. The van der Waals surface area contributed by atoms with Gasteiger partial charge in [-0.1, -0.05) is 5.92 Å². The minimum absolute atomic E-state index is 0.755. The van der Waals surface area contributed by atoms with Gasteiger partial charge in [-0.25, -0.2) is 0 Å². The average molecular weight is 126 g/mol. The molecular formula is C7H10O2. The third-order valence-corrected chi connectivity index (χ3v) is 0.884. The maximum absolute atomic E-state index is 8.83. The third kappa shape index (κ3) is 3.77. The Morgan fingerprint density at radius 2 is 2.11 bits per heavy atom. The van der Waals surface area contributed by atoms with Crippen LogP contribution in [0.15, 0.2) is 12.2 Å². The third-order valence-electron chi connectivity index (χ3n) is 0.884. The SMILES string of the molecule is C#C/C=C/[C@@H](O)[C@H](C)O. The Labute approximate surface area is 54.8 Å². The van der Waals surface area contributed by atoms with Gasteiger partial charge in [0.15, 0.2) is 0 Å². The van der Waals surface area contributed by atoms with E-state index in [1.165, 1.54) is 19.1 Å². The summed E-state index contributed by atoms with van der Waals surface area (Å²) in [5, 5.41) is 17.5. The first-order valence-electron chi connectivity index (χ1n) is 2.67. The monoisotopic (exact) mass is 126 g/mol. The van der Waals surface area contributed by atoms with E-state index in [0.717, 1.165) is 0 Å². The Morgan fingerprint density at radius 3 is 2.44 bits per heavy atom. The van der Waals surface area contributed by atoms with Gasteiger partial charge in [-0.3, -0.25) is 0 Å². The molecule has 9 heavy (non-hydrogen) atoms. The van der Waals surface area contributed by atoms with E-state index in [1.54, 1.807) is 0 Å². The van der Waals surface area contributed by atoms with Gasteiger partial charge in [-0.2, -0.15) is 0 Å². The molecule has 0 spiro atoms. The van der Waals surface area contributed by atoms with Crippen molar-refractivity contribution in [3.05, 3.63) is 12.2 Å². The Kier molecular flexibility index (Phi) is 3.78. The van der Waals surface area contributed by atoms with Crippen LogP contribution in [0.1, 0.15) is 6.92 Å². The summed E-state index contributed by atoms with van der Waals surface area (Å²) in [7, 11) is 0. The van der Waals surface area contributed by atoms with Gasteiger partial charge in [0.05, 0.1) is 12.2 Å². The fraction of sp³-hybridized carbons (Fsp3) is 0.429. The second-order valence-corrected chi connectivity index (χ2v) is 1.76. The molecule has 0 aromatic carbocycles. The molecule has 2 heteroatoms. The summed E-state index contributed by atoms with van der Waals surface area (Å²) in [6.45, 7) is 1.49. The zero-order chi connectivity index (χ0) is 7.28. The molecule has 0 saturated heterocycles. The van der Waals surface area contributed by atoms with E-state index in [9.17, 15) is 0 Å². The molecule has 0 aliphatic heterocycles. The largest absolute Gasteiger partial charge is 0.390 e. The zero-order valence-corrected chi connectivity index (χ0v) is 5.28. The second kappa shape index (κ2) is 4.13. The molecule has 0 saturated carbocycles. The van der Waals surface area contributed by atoms with Crippen LogP contribution >= 0.6 is 0 Å². The molecule has 0 amide bonds. The predicted molar refractivity (Wildman–Crippen MR) is 35.7 cm³/mol. The van der Waals surface area contributed by atoms with E-state index in [2.05, 4.69) is 5.92 Å². The average Bonchev–Trinajstić information content (AvgIpc) is 1.82.